The van der Waals surface area contributed by atoms with Gasteiger partial charge in [-0.2, -0.15) is 4.31 Å². The third-order valence-electron chi connectivity index (χ3n) is 6.34. The van der Waals surface area contributed by atoms with Crippen molar-refractivity contribution in [2.75, 3.05) is 48.1 Å². The zero-order valence-electron chi connectivity index (χ0n) is 21.9. The Morgan fingerprint density at radius 2 is 1.72 bits per heavy atom. The van der Waals surface area contributed by atoms with Crippen LogP contribution in [0.3, 0.4) is 0 Å². The Hall–Kier alpha value is -2.98. The number of hydrogen-bond acceptors (Lipinski definition) is 7. The molecule has 9 nitrogen and oxygen atoms in total. The lowest BCUT2D eigenvalue weighted by molar-refractivity contribution is -0.135. The molecule has 0 aromatic heterocycles. The minimum atomic E-state index is -3.73. The lowest BCUT2D eigenvalue weighted by Crippen LogP contribution is -2.45. The fourth-order valence-electron chi connectivity index (χ4n) is 4.50. The van der Waals surface area contributed by atoms with Crippen molar-refractivity contribution in [1.82, 2.24) is 9.21 Å². The van der Waals surface area contributed by atoms with Gasteiger partial charge in [0.1, 0.15) is 5.75 Å². The van der Waals surface area contributed by atoms with Crippen molar-refractivity contribution in [2.24, 2.45) is 5.92 Å². The Morgan fingerprint density at radius 1 is 1.06 bits per heavy atom. The number of piperidine rings is 1. The third-order valence-corrected chi connectivity index (χ3v) is 8.20. The van der Waals surface area contributed by atoms with Gasteiger partial charge in [-0.25, -0.2) is 8.42 Å². The summed E-state index contributed by atoms with van der Waals surface area (Å²) in [6, 6.07) is 8.48. The molecule has 0 radical (unpaired) electrons. The molecule has 1 heterocycles. The average Bonchev–Trinajstić information content (AvgIpc) is 2.88. The number of ether oxygens (including phenoxy) is 4. The van der Waals surface area contributed by atoms with E-state index in [1.807, 2.05) is 13.8 Å². The molecule has 1 aliphatic rings. The van der Waals surface area contributed by atoms with E-state index >= 15 is 0 Å². The Kier molecular flexibility index (Phi) is 9.08. The van der Waals surface area contributed by atoms with Crippen molar-refractivity contribution >= 4 is 15.9 Å². The second-order valence-electron chi connectivity index (χ2n) is 8.79. The summed E-state index contributed by atoms with van der Waals surface area (Å²) in [7, 11) is 2.60. The summed E-state index contributed by atoms with van der Waals surface area (Å²) in [5, 5.41) is 0. The highest BCUT2D eigenvalue weighted by Crippen LogP contribution is 2.38. The van der Waals surface area contributed by atoms with E-state index in [-0.39, 0.29) is 17.3 Å². The van der Waals surface area contributed by atoms with E-state index in [0.717, 1.165) is 11.1 Å². The lowest BCUT2D eigenvalue weighted by atomic mass is 9.98. The number of aryl methyl sites for hydroxylation is 1. The molecule has 0 spiro atoms. The molecule has 10 heteroatoms. The highest BCUT2D eigenvalue weighted by molar-refractivity contribution is 7.89. The molecule has 0 N–H and O–H groups in total. The van der Waals surface area contributed by atoms with Crippen molar-refractivity contribution in [3.8, 4) is 23.0 Å². The molecule has 2 aromatic carbocycles. The predicted octanol–water partition coefficient (Wildman–Crippen LogP) is 3.48. The van der Waals surface area contributed by atoms with Crippen LogP contribution in [0.2, 0.25) is 0 Å². The maximum absolute atomic E-state index is 13.4. The van der Waals surface area contributed by atoms with E-state index in [4.69, 9.17) is 18.9 Å². The Bertz CT molecular complexity index is 1160. The highest BCUT2D eigenvalue weighted by atomic mass is 32.2. The van der Waals surface area contributed by atoms with Gasteiger partial charge in [-0.05, 0) is 68.1 Å². The van der Waals surface area contributed by atoms with Crippen LogP contribution in [-0.2, 0) is 21.4 Å². The summed E-state index contributed by atoms with van der Waals surface area (Å²) < 4.78 is 49.9. The molecule has 1 unspecified atom stereocenters. The number of sulfonamides is 1. The van der Waals surface area contributed by atoms with Crippen LogP contribution in [0.15, 0.2) is 35.2 Å². The van der Waals surface area contributed by atoms with Crippen molar-refractivity contribution in [1.29, 1.82) is 0 Å². The van der Waals surface area contributed by atoms with Gasteiger partial charge in [-0.3, -0.25) is 4.79 Å². The maximum atomic E-state index is 13.4. The number of nitrogens with zero attached hydrogens (tertiary/aromatic N) is 2. The van der Waals surface area contributed by atoms with Crippen LogP contribution in [0.4, 0.5) is 0 Å². The van der Waals surface area contributed by atoms with Crippen molar-refractivity contribution < 1.29 is 32.2 Å². The summed E-state index contributed by atoms with van der Waals surface area (Å²) in [6.07, 6.45) is 1.25. The van der Waals surface area contributed by atoms with E-state index in [0.29, 0.717) is 55.5 Å². The van der Waals surface area contributed by atoms with Crippen LogP contribution < -0.4 is 18.9 Å². The Labute approximate surface area is 213 Å². The minimum Gasteiger partial charge on any atom is -0.494 e. The van der Waals surface area contributed by atoms with E-state index < -0.39 is 15.9 Å². The summed E-state index contributed by atoms with van der Waals surface area (Å²) >= 11 is 0. The van der Waals surface area contributed by atoms with Crippen molar-refractivity contribution in [2.45, 2.75) is 38.1 Å². The highest BCUT2D eigenvalue weighted by Gasteiger charge is 2.34. The number of carbonyl (C=O) groups is 1. The fraction of sp³-hybridized carbons (Fsp3) is 0.500. The lowest BCUT2D eigenvalue weighted by Gasteiger charge is -2.33. The molecule has 1 atom stereocenters. The first kappa shape index (κ1) is 27.6. The molecule has 1 saturated heterocycles. The van der Waals surface area contributed by atoms with E-state index in [1.54, 1.807) is 56.5 Å². The number of amides is 1. The molecule has 1 aliphatic heterocycles. The smallest absolute Gasteiger partial charge is 0.243 e. The van der Waals surface area contributed by atoms with Crippen LogP contribution in [0.5, 0.6) is 23.0 Å². The molecule has 1 amide bonds. The topological polar surface area (TPSA) is 94.6 Å². The van der Waals surface area contributed by atoms with Gasteiger partial charge < -0.3 is 23.8 Å². The Balaban J connectivity index is 1.74. The number of hydrogen-bond donors (Lipinski definition) is 0. The number of benzene rings is 2. The summed E-state index contributed by atoms with van der Waals surface area (Å²) in [5.74, 6) is 1.63. The first-order valence-corrected chi connectivity index (χ1v) is 13.4. The van der Waals surface area contributed by atoms with Crippen molar-refractivity contribution in [3.63, 3.8) is 0 Å². The molecule has 0 aliphatic carbocycles. The summed E-state index contributed by atoms with van der Waals surface area (Å²) in [6.45, 7) is 5.06. The van der Waals surface area contributed by atoms with Crippen LogP contribution >= 0.6 is 0 Å². The molecule has 3 rings (SSSR count). The SMILES string of the molecule is CCOc1ccc(S(=O)(=O)N2CCCC(C(=O)N(C)Cc3cc(OC)c(OC)c(OC)c3)C2)cc1C. The first-order valence-electron chi connectivity index (χ1n) is 11.9. The van der Waals surface area contributed by atoms with Gasteiger partial charge in [-0.15, -0.1) is 0 Å². The quantitative estimate of drug-likeness (QED) is 0.473. The third kappa shape index (κ3) is 5.87. The van der Waals surface area contributed by atoms with Gasteiger partial charge in [0.25, 0.3) is 0 Å². The van der Waals surface area contributed by atoms with Crippen LogP contribution in [0.25, 0.3) is 0 Å². The van der Waals surface area contributed by atoms with E-state index in [1.165, 1.54) is 11.4 Å². The van der Waals surface area contributed by atoms with E-state index in [2.05, 4.69) is 0 Å². The van der Waals surface area contributed by atoms with Crippen LogP contribution in [0.1, 0.15) is 30.9 Å². The average molecular weight is 521 g/mol. The van der Waals surface area contributed by atoms with Crippen LogP contribution in [-0.4, -0.2) is 71.6 Å². The monoisotopic (exact) mass is 520 g/mol. The predicted molar refractivity (Wildman–Crippen MR) is 136 cm³/mol. The van der Waals surface area contributed by atoms with E-state index in [9.17, 15) is 13.2 Å². The van der Waals surface area contributed by atoms with Crippen molar-refractivity contribution in [3.05, 3.63) is 41.5 Å². The van der Waals surface area contributed by atoms with Gasteiger partial charge >= 0.3 is 0 Å². The van der Waals surface area contributed by atoms with Gasteiger partial charge in [0, 0.05) is 26.7 Å². The molecule has 198 valence electrons. The number of carbonyl (C=O) groups excluding carboxylic acids is 1. The number of rotatable bonds is 10. The minimum absolute atomic E-state index is 0.105. The zero-order valence-corrected chi connectivity index (χ0v) is 22.7. The molecular formula is C26H36N2O7S. The fourth-order valence-corrected chi connectivity index (χ4v) is 6.11. The van der Waals surface area contributed by atoms with Gasteiger partial charge in [0.05, 0.1) is 38.7 Å². The molecular weight excluding hydrogens is 484 g/mol. The summed E-state index contributed by atoms with van der Waals surface area (Å²) in [4.78, 5) is 15.1. The molecule has 0 bridgehead atoms. The second-order valence-corrected chi connectivity index (χ2v) is 10.7. The Morgan fingerprint density at radius 3 is 2.28 bits per heavy atom. The second kappa shape index (κ2) is 11.8. The molecule has 1 fully saturated rings. The maximum Gasteiger partial charge on any atom is 0.243 e. The molecule has 0 saturated carbocycles. The van der Waals surface area contributed by atoms with Gasteiger partial charge in [0.15, 0.2) is 11.5 Å². The molecule has 36 heavy (non-hydrogen) atoms. The standard InChI is InChI=1S/C26H36N2O7S/c1-7-35-22-11-10-21(13-18(22)2)36(30,31)28-12-8-9-20(17-28)26(29)27(3)16-19-14-23(32-4)25(34-6)24(15-19)33-5/h10-11,13-15,20H,7-9,12,16-17H2,1-6H3. The molecule has 2 aromatic rings. The largest absolute Gasteiger partial charge is 0.494 e. The van der Waals surface area contributed by atoms with Gasteiger partial charge in [0.2, 0.25) is 21.7 Å². The first-order chi connectivity index (χ1) is 17.2. The normalized spacial score (nSPS) is 16.3. The number of methoxy groups -OCH3 is 3. The summed E-state index contributed by atoms with van der Waals surface area (Å²) in [5.41, 5.74) is 1.57. The van der Waals surface area contributed by atoms with Gasteiger partial charge in [-0.1, -0.05) is 0 Å². The zero-order chi connectivity index (χ0) is 26.5. The van der Waals surface area contributed by atoms with Crippen LogP contribution in [0, 0.1) is 12.8 Å².